The summed E-state index contributed by atoms with van der Waals surface area (Å²) in [5.74, 6) is -0.0872. The van der Waals surface area contributed by atoms with Crippen molar-refractivity contribution in [1.29, 1.82) is 0 Å². The highest BCUT2D eigenvalue weighted by atomic mass is 32.2. The SMILES string of the molecule is CC(C)[C@H]1CC[C@H](C)C[C@@H]1OC(=O)[C@H]1O[C@H](n2cc(F)c(N)nc2=O)CS1. The monoisotopic (exact) mass is 399 g/mol. The van der Waals surface area contributed by atoms with Gasteiger partial charge in [-0.2, -0.15) is 4.98 Å². The molecule has 2 heterocycles. The number of nitrogens with zero attached hydrogens (tertiary/aromatic N) is 2. The van der Waals surface area contributed by atoms with Crippen LogP contribution >= 0.6 is 11.8 Å². The highest BCUT2D eigenvalue weighted by Gasteiger charge is 2.39. The van der Waals surface area contributed by atoms with Crippen molar-refractivity contribution in [3.8, 4) is 0 Å². The summed E-state index contributed by atoms with van der Waals surface area (Å²) in [6.07, 6.45) is 3.09. The number of rotatable bonds is 4. The Bertz CT molecular complexity index is 757. The fourth-order valence-corrected chi connectivity index (χ4v) is 4.76. The standard InChI is InChI=1S/C18H26FN3O4S/c1-9(2)11-5-4-10(3)6-13(11)25-16(23)17-26-14(8-27-17)22-7-12(19)15(20)21-18(22)24/h7,9-11,13-14,17H,4-6,8H2,1-3H3,(H2,20,21,24)/t10-,11+,13-,14-,17-/m0/s1. The van der Waals surface area contributed by atoms with E-state index in [2.05, 4.69) is 25.8 Å². The van der Waals surface area contributed by atoms with Crippen LogP contribution in [0.15, 0.2) is 11.0 Å². The third-order valence-electron chi connectivity index (χ3n) is 5.34. The lowest BCUT2D eigenvalue weighted by Crippen LogP contribution is -2.38. The summed E-state index contributed by atoms with van der Waals surface area (Å²) in [5.41, 5.74) is 3.74. The first-order valence-corrected chi connectivity index (χ1v) is 10.3. The molecule has 0 spiro atoms. The van der Waals surface area contributed by atoms with E-state index in [-0.39, 0.29) is 6.10 Å². The Hall–Kier alpha value is -1.61. The van der Waals surface area contributed by atoms with Gasteiger partial charge in [0.2, 0.25) is 5.44 Å². The maximum Gasteiger partial charge on any atom is 0.351 e. The normalized spacial score (nSPS) is 31.2. The zero-order chi connectivity index (χ0) is 19.7. The molecule has 0 amide bonds. The van der Waals surface area contributed by atoms with E-state index in [1.165, 1.54) is 11.8 Å². The van der Waals surface area contributed by atoms with E-state index in [0.717, 1.165) is 30.0 Å². The number of ether oxygens (including phenoxy) is 2. The minimum Gasteiger partial charge on any atom is -0.459 e. The maximum atomic E-state index is 13.6. The Balaban J connectivity index is 1.65. The molecular weight excluding hydrogens is 373 g/mol. The molecule has 150 valence electrons. The maximum absolute atomic E-state index is 13.6. The van der Waals surface area contributed by atoms with Crippen molar-refractivity contribution in [3.63, 3.8) is 0 Å². The van der Waals surface area contributed by atoms with Gasteiger partial charge >= 0.3 is 11.7 Å². The van der Waals surface area contributed by atoms with Crippen molar-refractivity contribution in [2.75, 3.05) is 11.5 Å². The topological polar surface area (TPSA) is 96.4 Å². The lowest BCUT2D eigenvalue weighted by molar-refractivity contribution is -0.166. The van der Waals surface area contributed by atoms with Crippen LogP contribution in [0, 0.1) is 23.6 Å². The quantitative estimate of drug-likeness (QED) is 0.777. The Labute approximate surface area is 161 Å². The molecule has 9 heteroatoms. The van der Waals surface area contributed by atoms with E-state index >= 15 is 0 Å². The van der Waals surface area contributed by atoms with Crippen LogP contribution in [0.4, 0.5) is 10.2 Å². The van der Waals surface area contributed by atoms with Gasteiger partial charge in [0.05, 0.1) is 6.20 Å². The molecule has 1 saturated carbocycles. The van der Waals surface area contributed by atoms with Gasteiger partial charge in [-0.05, 0) is 30.6 Å². The summed E-state index contributed by atoms with van der Waals surface area (Å²) in [4.78, 5) is 28.0. The van der Waals surface area contributed by atoms with Crippen LogP contribution in [-0.2, 0) is 14.3 Å². The van der Waals surface area contributed by atoms with Gasteiger partial charge in [-0.3, -0.25) is 4.57 Å². The van der Waals surface area contributed by atoms with E-state index in [1.807, 2.05) is 0 Å². The highest BCUT2D eigenvalue weighted by Crippen LogP contribution is 2.37. The molecule has 7 nitrogen and oxygen atoms in total. The van der Waals surface area contributed by atoms with Gasteiger partial charge in [-0.15, -0.1) is 11.8 Å². The molecule has 0 unspecified atom stereocenters. The molecule has 3 rings (SSSR count). The number of esters is 1. The average molecular weight is 399 g/mol. The highest BCUT2D eigenvalue weighted by molar-refractivity contribution is 8.00. The van der Waals surface area contributed by atoms with Gasteiger partial charge in [0.25, 0.3) is 0 Å². The van der Waals surface area contributed by atoms with Crippen molar-refractivity contribution in [2.45, 2.75) is 57.8 Å². The molecule has 2 fully saturated rings. The minimum absolute atomic E-state index is 0.122. The number of nitrogen functional groups attached to an aromatic ring is 1. The van der Waals surface area contributed by atoms with Crippen molar-refractivity contribution < 1.29 is 18.7 Å². The molecule has 0 radical (unpaired) electrons. The Morgan fingerprint density at radius 2 is 2.22 bits per heavy atom. The third-order valence-corrected chi connectivity index (χ3v) is 6.42. The largest absolute Gasteiger partial charge is 0.459 e. The van der Waals surface area contributed by atoms with Crippen LogP contribution in [0.3, 0.4) is 0 Å². The van der Waals surface area contributed by atoms with Gasteiger partial charge in [0.1, 0.15) is 12.3 Å². The van der Waals surface area contributed by atoms with Crippen LogP contribution < -0.4 is 11.4 Å². The summed E-state index contributed by atoms with van der Waals surface area (Å²) < 4.78 is 26.1. The minimum atomic E-state index is -0.840. The van der Waals surface area contributed by atoms with E-state index in [9.17, 15) is 14.0 Å². The number of halogens is 1. The van der Waals surface area contributed by atoms with Gasteiger partial charge < -0.3 is 15.2 Å². The van der Waals surface area contributed by atoms with Gasteiger partial charge in [0, 0.05) is 5.75 Å². The molecule has 1 aliphatic carbocycles. The summed E-state index contributed by atoms with van der Waals surface area (Å²) in [6, 6.07) is 0. The second-order valence-electron chi connectivity index (χ2n) is 7.72. The lowest BCUT2D eigenvalue weighted by atomic mass is 9.75. The number of carbonyl (C=O) groups is 1. The predicted molar refractivity (Wildman–Crippen MR) is 100 cm³/mol. The Kier molecular flexibility index (Phi) is 6.10. The summed E-state index contributed by atoms with van der Waals surface area (Å²) in [7, 11) is 0. The second kappa shape index (κ2) is 8.18. The van der Waals surface area contributed by atoms with Crippen LogP contribution in [-0.4, -0.2) is 32.8 Å². The lowest BCUT2D eigenvalue weighted by Gasteiger charge is -2.37. The van der Waals surface area contributed by atoms with Crippen LogP contribution in [0.5, 0.6) is 0 Å². The molecule has 1 aromatic heterocycles. The van der Waals surface area contributed by atoms with Crippen LogP contribution in [0.25, 0.3) is 0 Å². The smallest absolute Gasteiger partial charge is 0.351 e. The molecule has 1 aromatic rings. The van der Waals surface area contributed by atoms with Crippen molar-refractivity contribution >= 4 is 23.5 Å². The number of nitrogens with two attached hydrogens (primary N) is 1. The molecule has 1 saturated heterocycles. The fraction of sp³-hybridized carbons (Fsp3) is 0.722. The van der Waals surface area contributed by atoms with E-state index < -0.39 is 35.0 Å². The van der Waals surface area contributed by atoms with Crippen LogP contribution in [0.1, 0.15) is 46.3 Å². The number of thioether (sulfide) groups is 1. The third kappa shape index (κ3) is 4.45. The zero-order valence-electron chi connectivity index (χ0n) is 15.8. The molecule has 2 N–H and O–H groups in total. The Morgan fingerprint density at radius 1 is 1.48 bits per heavy atom. The fourth-order valence-electron chi connectivity index (χ4n) is 3.78. The number of hydrogen-bond donors (Lipinski definition) is 1. The van der Waals surface area contributed by atoms with Crippen molar-refractivity contribution in [1.82, 2.24) is 9.55 Å². The number of aromatic nitrogens is 2. The molecule has 0 bridgehead atoms. The molecular formula is C18H26FN3O4S. The first-order valence-electron chi connectivity index (χ1n) is 9.28. The Morgan fingerprint density at radius 3 is 2.93 bits per heavy atom. The number of anilines is 1. The molecule has 5 atom stereocenters. The summed E-state index contributed by atoms with van der Waals surface area (Å²) >= 11 is 1.23. The van der Waals surface area contributed by atoms with Gasteiger partial charge in [-0.25, -0.2) is 14.0 Å². The van der Waals surface area contributed by atoms with E-state index in [0.29, 0.717) is 23.5 Å². The number of hydrogen-bond acceptors (Lipinski definition) is 7. The van der Waals surface area contributed by atoms with Crippen LogP contribution in [0.2, 0.25) is 0 Å². The molecule has 1 aliphatic heterocycles. The van der Waals surface area contributed by atoms with Gasteiger partial charge in [0.15, 0.2) is 11.6 Å². The summed E-state index contributed by atoms with van der Waals surface area (Å²) in [6.45, 7) is 6.46. The molecule has 0 aromatic carbocycles. The average Bonchev–Trinajstić information content (AvgIpc) is 3.08. The van der Waals surface area contributed by atoms with Crippen molar-refractivity contribution in [2.24, 2.45) is 17.8 Å². The van der Waals surface area contributed by atoms with Gasteiger partial charge in [-0.1, -0.05) is 27.2 Å². The predicted octanol–water partition coefficient (Wildman–Crippen LogP) is 2.56. The first kappa shape index (κ1) is 20.1. The van der Waals surface area contributed by atoms with E-state index in [4.69, 9.17) is 15.2 Å². The van der Waals surface area contributed by atoms with E-state index in [1.54, 1.807) is 0 Å². The molecule has 2 aliphatic rings. The second-order valence-corrected chi connectivity index (χ2v) is 8.82. The van der Waals surface area contributed by atoms with Crippen molar-refractivity contribution in [3.05, 3.63) is 22.5 Å². The molecule has 27 heavy (non-hydrogen) atoms. The number of carbonyl (C=O) groups excluding carboxylic acids is 1. The first-order chi connectivity index (χ1) is 12.8. The summed E-state index contributed by atoms with van der Waals surface area (Å²) in [5, 5.41) is 0. The zero-order valence-corrected chi connectivity index (χ0v) is 16.6.